The first-order chi connectivity index (χ1) is 11.4. The number of carbonyl (C=O) groups excluding carboxylic acids is 1. The SMILES string of the molecule is Cc1nn(CC(=O)N2C[C@@H](CN(C)CCO)[C@@H](CO)C2)c(C)c1Cl. The quantitative estimate of drug-likeness (QED) is 0.725. The highest BCUT2D eigenvalue weighted by molar-refractivity contribution is 6.31. The second kappa shape index (κ2) is 8.29. The summed E-state index contributed by atoms with van der Waals surface area (Å²) in [5.41, 5.74) is 1.51. The van der Waals surface area contributed by atoms with E-state index in [4.69, 9.17) is 16.7 Å². The molecular weight excluding hydrogens is 332 g/mol. The van der Waals surface area contributed by atoms with E-state index in [1.807, 2.05) is 25.8 Å². The van der Waals surface area contributed by atoms with Crippen molar-refractivity contribution in [3.63, 3.8) is 0 Å². The number of likely N-dealkylation sites (N-methyl/N-ethyl adjacent to an activating group) is 1. The van der Waals surface area contributed by atoms with Crippen molar-refractivity contribution in [1.29, 1.82) is 0 Å². The molecule has 1 aliphatic rings. The molecule has 0 spiro atoms. The van der Waals surface area contributed by atoms with E-state index in [1.165, 1.54) is 0 Å². The number of aromatic nitrogens is 2. The van der Waals surface area contributed by atoms with Gasteiger partial charge in [0.05, 0.1) is 23.0 Å². The molecule has 0 bridgehead atoms. The van der Waals surface area contributed by atoms with Crippen molar-refractivity contribution in [2.24, 2.45) is 11.8 Å². The summed E-state index contributed by atoms with van der Waals surface area (Å²) in [7, 11) is 1.94. The van der Waals surface area contributed by atoms with E-state index in [1.54, 1.807) is 9.58 Å². The predicted octanol–water partition coefficient (Wildman–Crippen LogP) is 0.144. The summed E-state index contributed by atoms with van der Waals surface area (Å²) in [5.74, 6) is 0.265. The number of rotatable bonds is 7. The molecule has 8 heteroatoms. The van der Waals surface area contributed by atoms with E-state index in [0.29, 0.717) is 24.7 Å². The fraction of sp³-hybridized carbons (Fsp3) is 0.750. The Balaban J connectivity index is 1.99. The number of likely N-dealkylation sites (tertiary alicyclic amines) is 1. The number of hydrogen-bond donors (Lipinski definition) is 2. The van der Waals surface area contributed by atoms with E-state index in [2.05, 4.69) is 5.10 Å². The normalized spacial score (nSPS) is 21.0. The molecule has 0 unspecified atom stereocenters. The number of aliphatic hydroxyl groups is 2. The Morgan fingerprint density at radius 1 is 1.33 bits per heavy atom. The summed E-state index contributed by atoms with van der Waals surface area (Å²) < 4.78 is 1.64. The lowest BCUT2D eigenvalue weighted by Crippen LogP contribution is -2.34. The molecule has 2 atom stereocenters. The molecular formula is C16H27ClN4O3. The smallest absolute Gasteiger partial charge is 0.244 e. The van der Waals surface area contributed by atoms with Gasteiger partial charge in [-0.25, -0.2) is 0 Å². The standard InChI is InChI=1S/C16H27ClN4O3/c1-11-16(17)12(2)21(18-11)9-15(24)20-7-13(14(8-20)10-23)6-19(3)4-5-22/h13-14,22-23H,4-10H2,1-3H3/t13-,14-/m1/s1. The summed E-state index contributed by atoms with van der Waals surface area (Å²) >= 11 is 6.13. The molecule has 2 rings (SSSR count). The van der Waals surface area contributed by atoms with Crippen LogP contribution in [0.2, 0.25) is 5.02 Å². The van der Waals surface area contributed by atoms with Crippen LogP contribution in [0.1, 0.15) is 11.4 Å². The molecule has 1 aromatic heterocycles. The van der Waals surface area contributed by atoms with Gasteiger partial charge in [0.1, 0.15) is 6.54 Å². The van der Waals surface area contributed by atoms with Crippen LogP contribution in [0.15, 0.2) is 0 Å². The molecule has 0 radical (unpaired) electrons. The second-order valence-corrected chi connectivity index (χ2v) is 7.01. The van der Waals surface area contributed by atoms with Gasteiger partial charge in [-0.15, -0.1) is 0 Å². The first-order valence-electron chi connectivity index (χ1n) is 8.24. The molecule has 0 aromatic carbocycles. The second-order valence-electron chi connectivity index (χ2n) is 6.63. The first-order valence-corrected chi connectivity index (χ1v) is 8.62. The van der Waals surface area contributed by atoms with Gasteiger partial charge in [-0.3, -0.25) is 9.48 Å². The molecule has 0 aliphatic carbocycles. The molecule has 1 saturated heterocycles. The maximum Gasteiger partial charge on any atom is 0.244 e. The van der Waals surface area contributed by atoms with Crippen molar-refractivity contribution >= 4 is 17.5 Å². The van der Waals surface area contributed by atoms with E-state index in [9.17, 15) is 9.90 Å². The van der Waals surface area contributed by atoms with Crippen LogP contribution >= 0.6 is 11.6 Å². The number of hydrogen-bond acceptors (Lipinski definition) is 5. The summed E-state index contributed by atoms with van der Waals surface area (Å²) in [6.07, 6.45) is 0. The molecule has 2 heterocycles. The fourth-order valence-corrected chi connectivity index (χ4v) is 3.41. The van der Waals surface area contributed by atoms with Gasteiger partial charge in [0.25, 0.3) is 0 Å². The van der Waals surface area contributed by atoms with Crippen LogP contribution in [0.25, 0.3) is 0 Å². The van der Waals surface area contributed by atoms with Gasteiger partial charge in [-0.05, 0) is 26.8 Å². The molecule has 2 N–H and O–H groups in total. The van der Waals surface area contributed by atoms with Gasteiger partial charge in [-0.2, -0.15) is 5.10 Å². The topological polar surface area (TPSA) is 81.8 Å². The van der Waals surface area contributed by atoms with E-state index < -0.39 is 0 Å². The van der Waals surface area contributed by atoms with Gasteiger partial charge in [0.15, 0.2) is 0 Å². The number of aryl methyl sites for hydroxylation is 1. The number of aliphatic hydroxyl groups excluding tert-OH is 2. The third-order valence-electron chi connectivity index (χ3n) is 4.77. The van der Waals surface area contributed by atoms with Crippen LogP contribution in [0.3, 0.4) is 0 Å². The fourth-order valence-electron chi connectivity index (χ4n) is 3.28. The van der Waals surface area contributed by atoms with Crippen molar-refractivity contribution in [3.8, 4) is 0 Å². The van der Waals surface area contributed by atoms with Crippen LogP contribution in [0.4, 0.5) is 0 Å². The molecule has 1 aliphatic heterocycles. The molecule has 0 saturated carbocycles. The average Bonchev–Trinajstić information content (AvgIpc) is 3.04. The Morgan fingerprint density at radius 2 is 2.00 bits per heavy atom. The Bertz CT molecular complexity index is 578. The molecule has 1 fully saturated rings. The van der Waals surface area contributed by atoms with Crippen molar-refractivity contribution < 1.29 is 15.0 Å². The lowest BCUT2D eigenvalue weighted by Gasteiger charge is -2.23. The Kier molecular flexibility index (Phi) is 6.62. The third-order valence-corrected chi connectivity index (χ3v) is 5.32. The summed E-state index contributed by atoms with van der Waals surface area (Å²) in [4.78, 5) is 16.4. The summed E-state index contributed by atoms with van der Waals surface area (Å²) in [6.45, 7) is 6.52. The molecule has 7 nitrogen and oxygen atoms in total. The molecule has 1 aromatic rings. The third kappa shape index (κ3) is 4.27. The average molecular weight is 359 g/mol. The van der Waals surface area contributed by atoms with Crippen LogP contribution in [-0.2, 0) is 11.3 Å². The van der Waals surface area contributed by atoms with Gasteiger partial charge >= 0.3 is 0 Å². The zero-order valence-electron chi connectivity index (χ0n) is 14.6. The Hall–Kier alpha value is -1.15. The predicted molar refractivity (Wildman–Crippen MR) is 91.9 cm³/mol. The lowest BCUT2D eigenvalue weighted by molar-refractivity contribution is -0.131. The minimum atomic E-state index is -0.0111. The van der Waals surface area contributed by atoms with Gasteiger partial charge in [0.2, 0.25) is 5.91 Å². The van der Waals surface area contributed by atoms with Crippen molar-refractivity contribution in [3.05, 3.63) is 16.4 Å². The highest BCUT2D eigenvalue weighted by Crippen LogP contribution is 2.25. The first kappa shape index (κ1) is 19.2. The van der Waals surface area contributed by atoms with E-state index >= 15 is 0 Å². The minimum Gasteiger partial charge on any atom is -0.396 e. The lowest BCUT2D eigenvalue weighted by atomic mass is 9.96. The van der Waals surface area contributed by atoms with Crippen LogP contribution < -0.4 is 0 Å². The monoisotopic (exact) mass is 358 g/mol. The van der Waals surface area contributed by atoms with Gasteiger partial charge in [-0.1, -0.05) is 11.6 Å². The van der Waals surface area contributed by atoms with E-state index in [-0.39, 0.29) is 37.5 Å². The summed E-state index contributed by atoms with van der Waals surface area (Å²) in [6, 6.07) is 0. The van der Waals surface area contributed by atoms with E-state index in [0.717, 1.165) is 17.9 Å². The van der Waals surface area contributed by atoms with Crippen LogP contribution in [-0.4, -0.2) is 82.1 Å². The maximum atomic E-state index is 12.6. The maximum absolute atomic E-state index is 12.6. The van der Waals surface area contributed by atoms with Crippen LogP contribution in [0.5, 0.6) is 0 Å². The highest BCUT2D eigenvalue weighted by Gasteiger charge is 2.35. The molecule has 24 heavy (non-hydrogen) atoms. The van der Waals surface area contributed by atoms with Crippen molar-refractivity contribution in [2.75, 3.05) is 46.4 Å². The van der Waals surface area contributed by atoms with Gasteiger partial charge in [0, 0.05) is 38.7 Å². The zero-order valence-corrected chi connectivity index (χ0v) is 15.3. The zero-order chi connectivity index (χ0) is 17.9. The number of halogens is 1. The minimum absolute atomic E-state index is 0.0111. The number of carbonyl (C=O) groups is 1. The number of amides is 1. The highest BCUT2D eigenvalue weighted by atomic mass is 35.5. The summed E-state index contributed by atoms with van der Waals surface area (Å²) in [5, 5.41) is 23.5. The van der Waals surface area contributed by atoms with Crippen molar-refractivity contribution in [1.82, 2.24) is 19.6 Å². The van der Waals surface area contributed by atoms with Gasteiger partial charge < -0.3 is 20.0 Å². The Morgan fingerprint density at radius 3 is 2.54 bits per heavy atom. The number of nitrogens with zero attached hydrogens (tertiary/aromatic N) is 4. The molecule has 1 amide bonds. The molecule has 136 valence electrons. The van der Waals surface area contributed by atoms with Crippen LogP contribution in [0, 0.1) is 25.7 Å². The largest absolute Gasteiger partial charge is 0.396 e. The van der Waals surface area contributed by atoms with Crippen molar-refractivity contribution in [2.45, 2.75) is 20.4 Å². The Labute approximate surface area is 147 Å².